The Morgan fingerprint density at radius 2 is 1.75 bits per heavy atom. The first-order valence-electron chi connectivity index (χ1n) is 9.43. The lowest BCUT2D eigenvalue weighted by molar-refractivity contribution is 0.0746. The minimum atomic E-state index is 0.0151. The van der Waals surface area contributed by atoms with Gasteiger partial charge in [-0.3, -0.25) is 9.78 Å². The number of amides is 1. The first-order valence-corrected chi connectivity index (χ1v) is 10.2. The molecule has 0 radical (unpaired) electrons. The van der Waals surface area contributed by atoms with E-state index in [1.807, 2.05) is 24.0 Å². The molecule has 0 aromatic carbocycles. The highest BCUT2D eigenvalue weighted by Crippen LogP contribution is 2.20. The summed E-state index contributed by atoms with van der Waals surface area (Å²) in [4.78, 5) is 32.5. The van der Waals surface area contributed by atoms with E-state index in [0.29, 0.717) is 31.9 Å². The molecule has 0 spiro atoms. The Morgan fingerprint density at radius 3 is 2.46 bits per heavy atom. The maximum Gasteiger partial charge on any atom is 0.255 e. The minimum Gasteiger partial charge on any atom is -0.378 e. The number of aryl methyl sites for hydroxylation is 1. The van der Waals surface area contributed by atoms with Crippen LogP contribution in [0.4, 0.5) is 11.8 Å². The summed E-state index contributed by atoms with van der Waals surface area (Å²) < 4.78 is 6.23. The second-order valence-electron chi connectivity index (χ2n) is 6.94. The number of carbonyl (C=O) groups is 1. The summed E-state index contributed by atoms with van der Waals surface area (Å²) in [5, 5.41) is 0. The lowest BCUT2D eigenvalue weighted by Crippen LogP contribution is -2.49. The number of piperazine rings is 1. The molecule has 0 atom stereocenters. The third-order valence-electron chi connectivity index (χ3n) is 4.97. The van der Waals surface area contributed by atoms with E-state index in [9.17, 15) is 4.79 Å². The van der Waals surface area contributed by atoms with Crippen LogP contribution in [-0.2, 0) is 4.74 Å². The molecule has 0 bridgehead atoms. The van der Waals surface area contributed by atoms with E-state index < -0.39 is 0 Å². The van der Waals surface area contributed by atoms with Gasteiger partial charge < -0.3 is 19.4 Å². The van der Waals surface area contributed by atoms with Gasteiger partial charge >= 0.3 is 0 Å². The van der Waals surface area contributed by atoms with Crippen molar-refractivity contribution in [2.75, 3.05) is 62.3 Å². The number of hydrogen-bond donors (Lipinski definition) is 0. The van der Waals surface area contributed by atoms with Crippen molar-refractivity contribution in [3.63, 3.8) is 0 Å². The summed E-state index contributed by atoms with van der Waals surface area (Å²) in [6.07, 6.45) is 3.29. The highest BCUT2D eigenvalue weighted by molar-refractivity contribution is 9.10. The number of anilines is 2. The number of rotatable bonds is 3. The van der Waals surface area contributed by atoms with E-state index in [1.54, 1.807) is 12.4 Å². The fourth-order valence-electron chi connectivity index (χ4n) is 3.45. The summed E-state index contributed by atoms with van der Waals surface area (Å²) in [5.74, 6) is 1.70. The van der Waals surface area contributed by atoms with Crippen LogP contribution in [0, 0.1) is 6.92 Å². The fraction of sp³-hybridized carbons (Fsp3) is 0.474. The molecule has 2 aromatic heterocycles. The summed E-state index contributed by atoms with van der Waals surface area (Å²) in [7, 11) is 0. The Balaban J connectivity index is 1.43. The van der Waals surface area contributed by atoms with Crippen molar-refractivity contribution < 1.29 is 9.53 Å². The molecule has 2 aliphatic heterocycles. The normalized spacial score (nSPS) is 17.7. The van der Waals surface area contributed by atoms with Gasteiger partial charge in [-0.05, 0) is 28.9 Å². The van der Waals surface area contributed by atoms with Crippen molar-refractivity contribution in [3.8, 4) is 0 Å². The molecule has 2 saturated heterocycles. The van der Waals surface area contributed by atoms with Crippen LogP contribution in [0.2, 0.25) is 0 Å². The molecule has 0 saturated carbocycles. The maximum absolute atomic E-state index is 12.7. The zero-order chi connectivity index (χ0) is 19.5. The molecule has 2 aliphatic rings. The van der Waals surface area contributed by atoms with E-state index in [2.05, 4.69) is 35.7 Å². The number of aromatic nitrogens is 3. The highest BCUT2D eigenvalue weighted by atomic mass is 79.9. The summed E-state index contributed by atoms with van der Waals surface area (Å²) in [6.45, 7) is 7.82. The van der Waals surface area contributed by atoms with Gasteiger partial charge in [0.25, 0.3) is 5.91 Å². The Morgan fingerprint density at radius 1 is 1.00 bits per heavy atom. The number of carbonyl (C=O) groups excluding carboxylic acids is 1. The molecule has 2 fully saturated rings. The lowest BCUT2D eigenvalue weighted by Gasteiger charge is -2.36. The zero-order valence-corrected chi connectivity index (χ0v) is 17.4. The van der Waals surface area contributed by atoms with Crippen LogP contribution >= 0.6 is 15.9 Å². The van der Waals surface area contributed by atoms with Crippen LogP contribution in [0.1, 0.15) is 16.1 Å². The zero-order valence-electron chi connectivity index (χ0n) is 15.8. The number of hydrogen-bond acceptors (Lipinski definition) is 7. The molecule has 28 heavy (non-hydrogen) atoms. The summed E-state index contributed by atoms with van der Waals surface area (Å²) in [5.41, 5.74) is 1.56. The van der Waals surface area contributed by atoms with Gasteiger partial charge in [-0.2, -0.15) is 4.98 Å². The van der Waals surface area contributed by atoms with E-state index in [-0.39, 0.29) is 5.91 Å². The lowest BCUT2D eigenvalue weighted by atomic mass is 10.2. The smallest absolute Gasteiger partial charge is 0.255 e. The van der Waals surface area contributed by atoms with Crippen molar-refractivity contribution in [1.29, 1.82) is 0 Å². The van der Waals surface area contributed by atoms with Crippen LogP contribution in [0.15, 0.2) is 29.0 Å². The topological polar surface area (TPSA) is 74.7 Å². The number of pyridine rings is 1. The van der Waals surface area contributed by atoms with Gasteiger partial charge in [-0.25, -0.2) is 4.98 Å². The van der Waals surface area contributed by atoms with Crippen molar-refractivity contribution in [2.24, 2.45) is 0 Å². The average Bonchev–Trinajstić information content (AvgIpc) is 2.73. The third-order valence-corrected chi connectivity index (χ3v) is 5.40. The van der Waals surface area contributed by atoms with E-state index >= 15 is 0 Å². The van der Waals surface area contributed by atoms with Crippen molar-refractivity contribution in [3.05, 3.63) is 40.3 Å². The van der Waals surface area contributed by atoms with E-state index in [0.717, 1.165) is 48.1 Å². The summed E-state index contributed by atoms with van der Waals surface area (Å²) in [6, 6.07) is 3.82. The second-order valence-corrected chi connectivity index (χ2v) is 7.85. The molecule has 1 amide bonds. The van der Waals surface area contributed by atoms with Crippen LogP contribution in [0.25, 0.3) is 0 Å². The van der Waals surface area contributed by atoms with Crippen LogP contribution < -0.4 is 9.80 Å². The predicted molar refractivity (Wildman–Crippen MR) is 110 cm³/mol. The number of ether oxygens (including phenoxy) is 1. The van der Waals surface area contributed by atoms with Crippen molar-refractivity contribution in [1.82, 2.24) is 19.9 Å². The maximum atomic E-state index is 12.7. The first-order chi connectivity index (χ1) is 13.6. The number of nitrogens with zero attached hydrogens (tertiary/aromatic N) is 6. The standard InChI is InChI=1S/C19H23BrN6O2/c1-14-10-17(23-19(22-14)26-6-8-28-9-7-26)24-2-4-25(5-3-24)18(27)15-11-16(20)13-21-12-15/h10-13H,2-9H2,1H3. The SMILES string of the molecule is Cc1cc(N2CCN(C(=O)c3cncc(Br)c3)CC2)nc(N2CCOCC2)n1. The Hall–Kier alpha value is -2.26. The Kier molecular flexibility index (Phi) is 5.72. The average molecular weight is 447 g/mol. The van der Waals surface area contributed by atoms with Crippen LogP contribution in [0.5, 0.6) is 0 Å². The van der Waals surface area contributed by atoms with Gasteiger partial charge in [0.1, 0.15) is 5.82 Å². The molecule has 0 aliphatic carbocycles. The summed E-state index contributed by atoms with van der Waals surface area (Å²) >= 11 is 3.37. The van der Waals surface area contributed by atoms with E-state index in [4.69, 9.17) is 9.72 Å². The van der Waals surface area contributed by atoms with Crippen LogP contribution in [0.3, 0.4) is 0 Å². The van der Waals surface area contributed by atoms with Gasteiger partial charge in [0, 0.05) is 67.9 Å². The van der Waals surface area contributed by atoms with Gasteiger partial charge in [-0.1, -0.05) is 0 Å². The van der Waals surface area contributed by atoms with Crippen molar-refractivity contribution >= 4 is 33.6 Å². The molecule has 4 rings (SSSR count). The van der Waals surface area contributed by atoms with Crippen LogP contribution in [-0.4, -0.2) is 78.2 Å². The highest BCUT2D eigenvalue weighted by Gasteiger charge is 2.24. The second kappa shape index (κ2) is 8.40. The van der Waals surface area contributed by atoms with E-state index in [1.165, 1.54) is 0 Å². The molecule has 0 N–H and O–H groups in total. The molecule has 9 heteroatoms. The molecule has 0 unspecified atom stereocenters. The molecule has 4 heterocycles. The monoisotopic (exact) mass is 446 g/mol. The molecular weight excluding hydrogens is 424 g/mol. The molecule has 148 valence electrons. The molecule has 2 aromatic rings. The number of halogens is 1. The quantitative estimate of drug-likeness (QED) is 0.710. The molecular formula is C19H23BrN6O2. The molecule has 8 nitrogen and oxygen atoms in total. The minimum absolute atomic E-state index is 0.0151. The van der Waals surface area contributed by atoms with Crippen molar-refractivity contribution in [2.45, 2.75) is 6.92 Å². The van der Waals surface area contributed by atoms with Gasteiger partial charge in [0.05, 0.1) is 18.8 Å². The Labute approximate surface area is 172 Å². The van der Waals surface area contributed by atoms with Gasteiger partial charge in [-0.15, -0.1) is 0 Å². The largest absolute Gasteiger partial charge is 0.378 e. The first kappa shape index (κ1) is 19.1. The fourth-order valence-corrected chi connectivity index (χ4v) is 3.82. The Bertz CT molecular complexity index is 850. The third kappa shape index (κ3) is 4.25. The number of morpholine rings is 1. The van der Waals surface area contributed by atoms with Gasteiger partial charge in [0.15, 0.2) is 0 Å². The predicted octanol–water partition coefficient (Wildman–Crippen LogP) is 1.74. The van der Waals surface area contributed by atoms with Gasteiger partial charge in [0.2, 0.25) is 5.95 Å².